The molecule has 0 aliphatic rings. The molecule has 0 unspecified atom stereocenters. The number of nitrogens with one attached hydrogen (secondary N) is 1. The molecule has 0 spiro atoms. The van der Waals surface area contributed by atoms with Gasteiger partial charge in [0.25, 0.3) is 0 Å². The molecule has 3 nitrogen and oxygen atoms in total. The first-order chi connectivity index (χ1) is 9.08. The molecule has 100 valence electrons. The van der Waals surface area contributed by atoms with Gasteiger partial charge in [0.2, 0.25) is 5.91 Å². The largest absolute Gasteiger partial charge is 0.325 e. The summed E-state index contributed by atoms with van der Waals surface area (Å²) < 4.78 is 13.7. The minimum atomic E-state index is -0.405. The van der Waals surface area contributed by atoms with Crippen LogP contribution in [0.5, 0.6) is 0 Å². The maximum atomic E-state index is 13.1. The summed E-state index contributed by atoms with van der Waals surface area (Å²) in [6.07, 6.45) is 0.143. The topological polar surface area (TPSA) is 42.0 Å². The van der Waals surface area contributed by atoms with E-state index in [0.29, 0.717) is 21.0 Å². The van der Waals surface area contributed by atoms with Crippen LogP contribution in [0.15, 0.2) is 28.1 Å². The van der Waals surface area contributed by atoms with E-state index in [1.54, 1.807) is 6.07 Å². The van der Waals surface area contributed by atoms with Crippen LogP contribution in [0.25, 0.3) is 0 Å². The lowest BCUT2D eigenvalue weighted by molar-refractivity contribution is -0.115. The number of alkyl halides is 1. The number of benzene rings is 1. The van der Waals surface area contributed by atoms with E-state index in [-0.39, 0.29) is 12.3 Å². The Morgan fingerprint density at radius 3 is 3.00 bits per heavy atom. The van der Waals surface area contributed by atoms with Gasteiger partial charge in [0.1, 0.15) is 10.8 Å². The minimum Gasteiger partial charge on any atom is -0.325 e. The van der Waals surface area contributed by atoms with Gasteiger partial charge in [0, 0.05) is 9.85 Å². The standard InChI is InChI=1S/C12H9BrClFN2OS/c13-9-2-1-7(15)3-10(9)17-11(18)4-12-16-8(5-14)6-19-12/h1-3,6H,4-5H2,(H,17,18). The molecular weight excluding hydrogens is 355 g/mol. The molecule has 0 saturated carbocycles. The highest BCUT2D eigenvalue weighted by Gasteiger charge is 2.10. The zero-order chi connectivity index (χ0) is 13.8. The Morgan fingerprint density at radius 2 is 2.32 bits per heavy atom. The van der Waals surface area contributed by atoms with Gasteiger partial charge in [-0.15, -0.1) is 22.9 Å². The van der Waals surface area contributed by atoms with Crippen molar-refractivity contribution in [3.05, 3.63) is 44.6 Å². The summed E-state index contributed by atoms with van der Waals surface area (Å²) in [6, 6.07) is 4.11. The number of hydrogen-bond donors (Lipinski definition) is 1. The lowest BCUT2D eigenvalue weighted by atomic mass is 10.3. The second-order valence-corrected chi connectivity index (χ2v) is 5.78. The summed E-state index contributed by atoms with van der Waals surface area (Å²) in [5.74, 6) is -0.327. The molecule has 1 amide bonds. The van der Waals surface area contributed by atoms with Crippen LogP contribution in [0.3, 0.4) is 0 Å². The molecule has 0 fully saturated rings. The number of hydrogen-bond acceptors (Lipinski definition) is 3. The Bertz CT molecular complexity index is 605. The Hall–Kier alpha value is -0.980. The molecule has 0 radical (unpaired) electrons. The van der Waals surface area contributed by atoms with Crippen LogP contribution in [-0.4, -0.2) is 10.9 Å². The zero-order valence-electron chi connectivity index (χ0n) is 9.62. The molecule has 0 atom stereocenters. The molecule has 0 aliphatic heterocycles. The van der Waals surface area contributed by atoms with E-state index in [1.807, 2.05) is 5.38 Å². The molecule has 0 aliphatic carbocycles. The number of halogens is 3. The number of amides is 1. The Labute approximate surface area is 126 Å². The van der Waals surface area contributed by atoms with Gasteiger partial charge in [-0.25, -0.2) is 9.37 Å². The predicted molar refractivity (Wildman–Crippen MR) is 78.1 cm³/mol. The van der Waals surface area contributed by atoms with Crippen molar-refractivity contribution in [2.45, 2.75) is 12.3 Å². The quantitative estimate of drug-likeness (QED) is 0.835. The van der Waals surface area contributed by atoms with E-state index in [2.05, 4.69) is 26.2 Å². The van der Waals surface area contributed by atoms with Gasteiger partial charge in [-0.1, -0.05) is 0 Å². The van der Waals surface area contributed by atoms with Gasteiger partial charge in [0.05, 0.1) is 23.7 Å². The highest BCUT2D eigenvalue weighted by molar-refractivity contribution is 9.10. The average molecular weight is 364 g/mol. The number of carbonyl (C=O) groups is 1. The number of thiazole rings is 1. The van der Waals surface area contributed by atoms with Crippen molar-refractivity contribution in [2.75, 3.05) is 5.32 Å². The van der Waals surface area contributed by atoms with Crippen LogP contribution >= 0.6 is 38.9 Å². The van der Waals surface area contributed by atoms with E-state index >= 15 is 0 Å². The first-order valence-electron chi connectivity index (χ1n) is 5.32. The van der Waals surface area contributed by atoms with E-state index in [0.717, 1.165) is 5.69 Å². The third kappa shape index (κ3) is 3.99. The molecule has 1 heterocycles. The lowest BCUT2D eigenvalue weighted by Gasteiger charge is -2.06. The van der Waals surface area contributed by atoms with Crippen LogP contribution < -0.4 is 5.32 Å². The molecule has 1 N–H and O–H groups in total. The number of anilines is 1. The lowest BCUT2D eigenvalue weighted by Crippen LogP contribution is -2.14. The van der Waals surface area contributed by atoms with Crippen molar-refractivity contribution in [1.29, 1.82) is 0 Å². The average Bonchev–Trinajstić information content (AvgIpc) is 2.81. The third-order valence-electron chi connectivity index (χ3n) is 2.25. The smallest absolute Gasteiger partial charge is 0.231 e. The first-order valence-corrected chi connectivity index (χ1v) is 7.53. The van der Waals surface area contributed by atoms with E-state index in [1.165, 1.54) is 23.5 Å². The summed E-state index contributed by atoms with van der Waals surface area (Å²) in [4.78, 5) is 16.0. The highest BCUT2D eigenvalue weighted by atomic mass is 79.9. The van der Waals surface area contributed by atoms with E-state index < -0.39 is 5.82 Å². The second kappa shape index (κ2) is 6.45. The minimum absolute atomic E-state index is 0.143. The summed E-state index contributed by atoms with van der Waals surface area (Å²) in [7, 11) is 0. The van der Waals surface area contributed by atoms with Crippen molar-refractivity contribution >= 4 is 50.5 Å². The summed E-state index contributed by atoms with van der Waals surface area (Å²) in [5.41, 5.74) is 1.15. The zero-order valence-corrected chi connectivity index (χ0v) is 12.8. The fourth-order valence-corrected chi connectivity index (χ4v) is 2.78. The number of aromatic nitrogens is 1. The number of carbonyl (C=O) groups excluding carboxylic acids is 1. The fraction of sp³-hybridized carbons (Fsp3) is 0.167. The van der Waals surface area contributed by atoms with Crippen LogP contribution in [0.4, 0.5) is 10.1 Å². The Kier molecular flexibility index (Phi) is 4.90. The van der Waals surface area contributed by atoms with Crippen LogP contribution in [-0.2, 0) is 17.1 Å². The second-order valence-electron chi connectivity index (χ2n) is 3.72. The normalized spacial score (nSPS) is 10.5. The van der Waals surface area contributed by atoms with Crippen LogP contribution in [0.1, 0.15) is 10.7 Å². The molecule has 2 rings (SSSR count). The molecular formula is C12H9BrClFN2OS. The van der Waals surface area contributed by atoms with Crippen molar-refractivity contribution < 1.29 is 9.18 Å². The van der Waals surface area contributed by atoms with Crippen molar-refractivity contribution in [3.8, 4) is 0 Å². The molecule has 1 aromatic heterocycles. The fourth-order valence-electron chi connectivity index (χ4n) is 1.42. The van der Waals surface area contributed by atoms with E-state index in [9.17, 15) is 9.18 Å². The van der Waals surface area contributed by atoms with Gasteiger partial charge in [-0.3, -0.25) is 4.79 Å². The maximum Gasteiger partial charge on any atom is 0.231 e. The number of nitrogens with zero attached hydrogens (tertiary/aromatic N) is 1. The SMILES string of the molecule is O=C(Cc1nc(CCl)cs1)Nc1cc(F)ccc1Br. The third-order valence-corrected chi connectivity index (χ3v) is 4.11. The highest BCUT2D eigenvalue weighted by Crippen LogP contribution is 2.23. The van der Waals surface area contributed by atoms with Gasteiger partial charge in [0.15, 0.2) is 0 Å². The number of rotatable bonds is 4. The monoisotopic (exact) mass is 362 g/mol. The van der Waals surface area contributed by atoms with Crippen molar-refractivity contribution in [2.24, 2.45) is 0 Å². The van der Waals surface area contributed by atoms with Crippen molar-refractivity contribution in [1.82, 2.24) is 4.98 Å². The Morgan fingerprint density at radius 1 is 1.53 bits per heavy atom. The van der Waals surface area contributed by atoms with Crippen LogP contribution in [0, 0.1) is 5.82 Å². The summed E-state index contributed by atoms with van der Waals surface area (Å²) in [6.45, 7) is 0. The van der Waals surface area contributed by atoms with Gasteiger partial charge < -0.3 is 5.32 Å². The molecule has 0 bridgehead atoms. The molecule has 0 saturated heterocycles. The molecule has 7 heteroatoms. The van der Waals surface area contributed by atoms with Gasteiger partial charge in [-0.05, 0) is 34.1 Å². The van der Waals surface area contributed by atoms with Gasteiger partial charge >= 0.3 is 0 Å². The van der Waals surface area contributed by atoms with Gasteiger partial charge in [-0.2, -0.15) is 0 Å². The van der Waals surface area contributed by atoms with E-state index in [4.69, 9.17) is 11.6 Å². The summed E-state index contributed by atoms with van der Waals surface area (Å²) in [5, 5.41) is 5.13. The summed E-state index contributed by atoms with van der Waals surface area (Å²) >= 11 is 10.3. The van der Waals surface area contributed by atoms with Crippen LogP contribution in [0.2, 0.25) is 0 Å². The molecule has 2 aromatic rings. The Balaban J connectivity index is 2.03. The maximum absolute atomic E-state index is 13.1. The van der Waals surface area contributed by atoms with Crippen molar-refractivity contribution in [3.63, 3.8) is 0 Å². The molecule has 19 heavy (non-hydrogen) atoms. The predicted octanol–water partition coefficient (Wildman–Crippen LogP) is 3.96. The molecule has 1 aromatic carbocycles. The first kappa shape index (κ1) is 14.4.